The lowest BCUT2D eigenvalue weighted by atomic mass is 10.0. The molecule has 1 aromatic carbocycles. The Hall–Kier alpha value is -0.910. The number of quaternary nitrogens is 1. The van der Waals surface area contributed by atoms with E-state index in [1.807, 2.05) is 0 Å². The molecule has 0 amide bonds. The number of nitrogens with zero attached hydrogens (tertiary/aromatic N) is 1. The molecule has 0 N–H and O–H groups in total. The first-order valence-electron chi connectivity index (χ1n) is 22.5. The van der Waals surface area contributed by atoms with Crippen molar-refractivity contribution in [1.82, 2.24) is 0 Å². The molecule has 0 fully saturated rings. The SMILES string of the molecule is CCCCCCCCCCCCCCCCCCCCCCCCCCCCCCCCCC[N+](C)(C)CCC.O=S(=O)([O-])Cc1ccccc1. The van der Waals surface area contributed by atoms with E-state index in [1.165, 1.54) is 229 Å². The molecule has 51 heavy (non-hydrogen) atoms. The van der Waals surface area contributed by atoms with Gasteiger partial charge in [0.1, 0.15) is 0 Å². The first-order valence-corrected chi connectivity index (χ1v) is 24.1. The van der Waals surface area contributed by atoms with Gasteiger partial charge in [0.2, 0.25) is 0 Å². The van der Waals surface area contributed by atoms with E-state index in [0.29, 0.717) is 5.56 Å². The number of unbranched alkanes of at least 4 members (excludes halogenated alkanes) is 31. The number of benzene rings is 1. The van der Waals surface area contributed by atoms with E-state index >= 15 is 0 Å². The lowest BCUT2D eigenvalue weighted by molar-refractivity contribution is -0.890. The second-order valence-corrected chi connectivity index (χ2v) is 17.9. The summed E-state index contributed by atoms with van der Waals surface area (Å²) in [5.74, 6) is -0.423. The molecule has 302 valence electrons. The van der Waals surface area contributed by atoms with Gasteiger partial charge in [-0.1, -0.05) is 237 Å². The predicted molar refractivity (Wildman–Crippen MR) is 225 cm³/mol. The number of rotatable bonds is 37. The summed E-state index contributed by atoms with van der Waals surface area (Å²) in [7, 11) is 0.663. The third-order valence-electron chi connectivity index (χ3n) is 10.6. The standard InChI is InChI=1S/C39H82N.C7H8O3S/c1-5-7-8-9-10-11-12-13-14-15-16-17-18-19-20-21-22-23-24-25-26-27-28-29-30-31-32-33-34-35-36-37-39-40(3,4)38-6-2;8-11(9,10)6-7-4-2-1-3-5-7/h5-39H2,1-4H3;1-5H,6H2,(H,8,9,10)/q+1;/p-1. The van der Waals surface area contributed by atoms with E-state index in [4.69, 9.17) is 0 Å². The van der Waals surface area contributed by atoms with Gasteiger partial charge in [-0.05, 0) is 24.8 Å². The molecule has 0 unspecified atom stereocenters. The maximum Gasteiger partial charge on any atom is 0.0988 e. The van der Waals surface area contributed by atoms with Crippen LogP contribution in [0, 0.1) is 0 Å². The molecule has 4 nitrogen and oxygen atoms in total. The minimum Gasteiger partial charge on any atom is -0.748 e. The zero-order chi connectivity index (χ0) is 37.6. The van der Waals surface area contributed by atoms with Crippen molar-refractivity contribution in [2.45, 2.75) is 231 Å². The summed E-state index contributed by atoms with van der Waals surface area (Å²) in [6.07, 6.45) is 48.7. The van der Waals surface area contributed by atoms with E-state index in [9.17, 15) is 13.0 Å². The summed E-state index contributed by atoms with van der Waals surface area (Å²) in [5.41, 5.74) is 0.530. The van der Waals surface area contributed by atoms with Crippen molar-refractivity contribution in [2.75, 3.05) is 27.2 Å². The third-order valence-corrected chi connectivity index (χ3v) is 11.3. The summed E-state index contributed by atoms with van der Waals surface area (Å²) in [6, 6.07) is 8.37. The molecule has 0 spiro atoms. The van der Waals surface area contributed by atoms with Crippen LogP contribution in [-0.2, 0) is 15.9 Å². The van der Waals surface area contributed by atoms with Crippen molar-refractivity contribution in [3.8, 4) is 0 Å². The smallest absolute Gasteiger partial charge is 0.0988 e. The van der Waals surface area contributed by atoms with Crippen LogP contribution in [0.1, 0.15) is 231 Å². The van der Waals surface area contributed by atoms with E-state index < -0.39 is 15.9 Å². The Morgan fingerprint density at radius 3 is 0.941 bits per heavy atom. The van der Waals surface area contributed by atoms with Crippen LogP contribution in [0.4, 0.5) is 0 Å². The molecule has 0 bridgehead atoms. The zero-order valence-electron chi connectivity index (χ0n) is 34.9. The topological polar surface area (TPSA) is 57.2 Å². The number of hydrogen-bond acceptors (Lipinski definition) is 3. The fourth-order valence-electron chi connectivity index (χ4n) is 7.41. The third kappa shape index (κ3) is 41.7. The van der Waals surface area contributed by atoms with E-state index in [2.05, 4.69) is 27.9 Å². The lowest BCUT2D eigenvalue weighted by Crippen LogP contribution is -2.40. The molecular formula is C46H89NO3S. The minimum absolute atomic E-state index is 0.423. The molecule has 5 heteroatoms. The molecule has 0 heterocycles. The highest BCUT2D eigenvalue weighted by Gasteiger charge is 2.12. The Kier molecular flexibility index (Phi) is 36.7. The summed E-state index contributed by atoms with van der Waals surface area (Å²) in [5, 5.41) is 0. The molecule has 0 aliphatic rings. The summed E-state index contributed by atoms with van der Waals surface area (Å²) < 4.78 is 32.0. The first-order chi connectivity index (χ1) is 24.7. The Morgan fingerprint density at radius 2 is 0.686 bits per heavy atom. The molecule has 0 radical (unpaired) electrons. The Balaban J connectivity index is 0.00000191. The van der Waals surface area contributed by atoms with Gasteiger partial charge in [-0.25, -0.2) is 8.42 Å². The van der Waals surface area contributed by atoms with Crippen LogP contribution < -0.4 is 0 Å². The van der Waals surface area contributed by atoms with E-state index in [1.54, 1.807) is 30.3 Å². The van der Waals surface area contributed by atoms with Crippen molar-refractivity contribution in [3.63, 3.8) is 0 Å². The van der Waals surface area contributed by atoms with Crippen LogP contribution in [0.15, 0.2) is 30.3 Å². The van der Waals surface area contributed by atoms with Gasteiger partial charge in [0.05, 0.1) is 43.1 Å². The Labute approximate surface area is 321 Å². The highest BCUT2D eigenvalue weighted by molar-refractivity contribution is 7.84. The van der Waals surface area contributed by atoms with Crippen LogP contribution >= 0.6 is 0 Å². The molecule has 0 aromatic heterocycles. The second-order valence-electron chi connectivity index (χ2n) is 16.5. The van der Waals surface area contributed by atoms with Crippen molar-refractivity contribution >= 4 is 10.1 Å². The van der Waals surface area contributed by atoms with Crippen LogP contribution in [0.2, 0.25) is 0 Å². The van der Waals surface area contributed by atoms with Gasteiger partial charge in [-0.2, -0.15) is 0 Å². The first kappa shape index (κ1) is 50.1. The zero-order valence-corrected chi connectivity index (χ0v) is 35.7. The molecule has 1 rings (SSSR count). The van der Waals surface area contributed by atoms with Crippen LogP contribution in [-0.4, -0.2) is 44.6 Å². The van der Waals surface area contributed by atoms with Crippen LogP contribution in [0.5, 0.6) is 0 Å². The molecule has 0 saturated heterocycles. The maximum atomic E-state index is 10.2. The Morgan fingerprint density at radius 1 is 0.412 bits per heavy atom. The lowest BCUT2D eigenvalue weighted by Gasteiger charge is -2.29. The highest BCUT2D eigenvalue weighted by atomic mass is 32.2. The average Bonchev–Trinajstić information content (AvgIpc) is 3.09. The van der Waals surface area contributed by atoms with Gasteiger partial charge in [-0.15, -0.1) is 0 Å². The molecular weight excluding hydrogens is 647 g/mol. The summed E-state index contributed by atoms with van der Waals surface area (Å²) in [6.45, 7) is 7.32. The van der Waals surface area contributed by atoms with Crippen molar-refractivity contribution in [2.24, 2.45) is 0 Å². The molecule has 0 aliphatic heterocycles. The van der Waals surface area contributed by atoms with Gasteiger partial charge >= 0.3 is 0 Å². The number of hydrogen-bond donors (Lipinski definition) is 0. The van der Waals surface area contributed by atoms with Crippen molar-refractivity contribution < 1.29 is 17.5 Å². The normalized spacial score (nSPS) is 11.9. The predicted octanol–water partition coefficient (Wildman–Crippen LogP) is 14.7. The molecule has 0 saturated carbocycles. The fourth-order valence-corrected chi connectivity index (χ4v) is 8.01. The molecule has 1 aromatic rings. The monoisotopic (exact) mass is 736 g/mol. The van der Waals surface area contributed by atoms with Gasteiger partial charge in [-0.3, -0.25) is 0 Å². The van der Waals surface area contributed by atoms with Crippen molar-refractivity contribution in [1.29, 1.82) is 0 Å². The van der Waals surface area contributed by atoms with Gasteiger partial charge < -0.3 is 9.04 Å². The largest absolute Gasteiger partial charge is 0.748 e. The highest BCUT2D eigenvalue weighted by Crippen LogP contribution is 2.17. The summed E-state index contributed by atoms with van der Waals surface area (Å²) in [4.78, 5) is 0. The van der Waals surface area contributed by atoms with Gasteiger partial charge in [0.15, 0.2) is 0 Å². The molecule has 0 aliphatic carbocycles. The van der Waals surface area contributed by atoms with Crippen molar-refractivity contribution in [3.05, 3.63) is 35.9 Å². The minimum atomic E-state index is -4.13. The van der Waals surface area contributed by atoms with Crippen LogP contribution in [0.3, 0.4) is 0 Å². The van der Waals surface area contributed by atoms with Gasteiger partial charge in [0, 0.05) is 0 Å². The van der Waals surface area contributed by atoms with Crippen LogP contribution in [0.25, 0.3) is 0 Å². The van der Waals surface area contributed by atoms with Gasteiger partial charge in [0.25, 0.3) is 0 Å². The maximum absolute atomic E-state index is 10.2. The quantitative estimate of drug-likeness (QED) is 0.0388. The fraction of sp³-hybridized carbons (Fsp3) is 0.870. The van der Waals surface area contributed by atoms with E-state index in [0.717, 1.165) is 0 Å². The molecule has 0 atom stereocenters. The Bertz CT molecular complexity index is 918. The second kappa shape index (κ2) is 37.4. The summed E-state index contributed by atoms with van der Waals surface area (Å²) >= 11 is 0. The van der Waals surface area contributed by atoms with E-state index in [-0.39, 0.29) is 0 Å². The average molecular weight is 736 g/mol.